The summed E-state index contributed by atoms with van der Waals surface area (Å²) in [6.45, 7) is 2.02. The summed E-state index contributed by atoms with van der Waals surface area (Å²) < 4.78 is 0. The molecule has 0 atom stereocenters. The number of hydrogen-bond donors (Lipinski definition) is 2. The van der Waals surface area contributed by atoms with Gasteiger partial charge in [0.05, 0.1) is 6.33 Å². The number of aromatic nitrogens is 4. The molecule has 15 heavy (non-hydrogen) atoms. The van der Waals surface area contributed by atoms with Gasteiger partial charge in [-0.25, -0.2) is 9.97 Å². The number of H-pyrrole nitrogens is 2. The number of aryl methyl sites for hydroxylation is 2. The summed E-state index contributed by atoms with van der Waals surface area (Å²) in [5.41, 5.74) is 2.32. The molecule has 0 amide bonds. The van der Waals surface area contributed by atoms with Crippen LogP contribution in [-0.2, 0) is 6.42 Å². The van der Waals surface area contributed by atoms with Gasteiger partial charge in [-0.05, 0) is 19.8 Å². The summed E-state index contributed by atoms with van der Waals surface area (Å²) in [6, 6.07) is 0. The first kappa shape index (κ1) is 10.3. The molecule has 4 nitrogen and oxygen atoms in total. The molecule has 0 spiro atoms. The number of thioether (sulfide) groups is 1. The molecule has 2 N–H and O–H groups in total. The number of nitrogens with zero attached hydrogens (tertiary/aromatic N) is 2. The van der Waals surface area contributed by atoms with Crippen LogP contribution in [0.4, 0.5) is 0 Å². The van der Waals surface area contributed by atoms with Crippen LogP contribution in [-0.4, -0.2) is 25.7 Å². The molecule has 0 aliphatic rings. The maximum Gasteiger partial charge on any atom is 0.165 e. The molecule has 2 rings (SSSR count). The largest absolute Gasteiger partial charge is 0.348 e. The topological polar surface area (TPSA) is 57.4 Å². The van der Waals surface area contributed by atoms with E-state index in [0.29, 0.717) is 0 Å². The highest BCUT2D eigenvalue weighted by Crippen LogP contribution is 2.15. The van der Waals surface area contributed by atoms with Gasteiger partial charge in [0, 0.05) is 29.5 Å². The molecule has 80 valence electrons. The molecular weight excluding hydrogens is 208 g/mol. The van der Waals surface area contributed by atoms with Gasteiger partial charge in [0.1, 0.15) is 0 Å². The van der Waals surface area contributed by atoms with Crippen molar-refractivity contribution in [1.82, 2.24) is 19.9 Å². The smallest absolute Gasteiger partial charge is 0.165 e. The number of imidazole rings is 2. The quantitative estimate of drug-likeness (QED) is 0.602. The lowest BCUT2D eigenvalue weighted by Gasteiger charge is -1.97. The second-order valence-corrected chi connectivity index (χ2v) is 4.48. The summed E-state index contributed by atoms with van der Waals surface area (Å²) in [6.07, 6.45) is 7.64. The van der Waals surface area contributed by atoms with Gasteiger partial charge in [-0.2, -0.15) is 0 Å². The second kappa shape index (κ2) is 5.02. The SMILES string of the molecule is Cc1cnc(SCCCc2cnc[nH]2)[nH]1. The third-order valence-corrected chi connectivity index (χ3v) is 3.04. The Morgan fingerprint density at radius 1 is 1.40 bits per heavy atom. The lowest BCUT2D eigenvalue weighted by atomic mass is 10.3. The fraction of sp³-hybridized carbons (Fsp3) is 0.400. The van der Waals surface area contributed by atoms with Crippen LogP contribution >= 0.6 is 11.8 Å². The molecule has 0 aliphatic carbocycles. The zero-order valence-electron chi connectivity index (χ0n) is 8.66. The molecule has 0 saturated heterocycles. The first-order valence-electron chi connectivity index (χ1n) is 4.96. The van der Waals surface area contributed by atoms with E-state index in [9.17, 15) is 0 Å². The minimum Gasteiger partial charge on any atom is -0.348 e. The van der Waals surface area contributed by atoms with Crippen LogP contribution in [0.25, 0.3) is 0 Å². The fourth-order valence-electron chi connectivity index (χ4n) is 1.31. The van der Waals surface area contributed by atoms with Crippen molar-refractivity contribution in [3.05, 3.63) is 30.1 Å². The second-order valence-electron chi connectivity index (χ2n) is 3.40. The van der Waals surface area contributed by atoms with Crippen molar-refractivity contribution >= 4 is 11.8 Å². The molecule has 0 fully saturated rings. The Bertz CT molecular complexity index is 393. The van der Waals surface area contributed by atoms with Crippen LogP contribution in [0.3, 0.4) is 0 Å². The molecule has 0 unspecified atom stereocenters. The molecule has 5 heteroatoms. The van der Waals surface area contributed by atoms with Crippen molar-refractivity contribution in [3.8, 4) is 0 Å². The normalized spacial score (nSPS) is 10.7. The van der Waals surface area contributed by atoms with Crippen LogP contribution in [0.1, 0.15) is 17.8 Å². The van der Waals surface area contributed by atoms with E-state index in [1.807, 2.05) is 19.3 Å². The average molecular weight is 222 g/mol. The Kier molecular flexibility index (Phi) is 3.45. The molecule has 0 radical (unpaired) electrons. The van der Waals surface area contributed by atoms with Gasteiger partial charge in [0.25, 0.3) is 0 Å². The van der Waals surface area contributed by atoms with E-state index in [1.54, 1.807) is 18.1 Å². The van der Waals surface area contributed by atoms with Crippen LogP contribution in [0, 0.1) is 6.92 Å². The molecule has 2 aromatic rings. The molecule has 2 aromatic heterocycles. The van der Waals surface area contributed by atoms with Gasteiger partial charge in [0.15, 0.2) is 5.16 Å². The monoisotopic (exact) mass is 222 g/mol. The zero-order valence-corrected chi connectivity index (χ0v) is 9.47. The van der Waals surface area contributed by atoms with Crippen molar-refractivity contribution in [1.29, 1.82) is 0 Å². The molecule has 2 heterocycles. The molecule has 0 bridgehead atoms. The van der Waals surface area contributed by atoms with Crippen LogP contribution in [0.15, 0.2) is 23.9 Å². The van der Waals surface area contributed by atoms with E-state index in [0.717, 1.165) is 29.4 Å². The van der Waals surface area contributed by atoms with Gasteiger partial charge >= 0.3 is 0 Å². The predicted octanol–water partition coefficient (Wildman–Crippen LogP) is 2.17. The third-order valence-electron chi connectivity index (χ3n) is 2.06. The van der Waals surface area contributed by atoms with E-state index in [4.69, 9.17) is 0 Å². The van der Waals surface area contributed by atoms with Crippen molar-refractivity contribution in [2.45, 2.75) is 24.9 Å². The maximum absolute atomic E-state index is 4.24. The van der Waals surface area contributed by atoms with E-state index in [-0.39, 0.29) is 0 Å². The molecule has 0 aromatic carbocycles. The Morgan fingerprint density at radius 2 is 2.33 bits per heavy atom. The minimum absolute atomic E-state index is 1.01. The number of nitrogens with one attached hydrogen (secondary N) is 2. The highest BCUT2D eigenvalue weighted by Gasteiger charge is 1.98. The summed E-state index contributed by atoms with van der Waals surface area (Å²) in [5.74, 6) is 1.08. The molecular formula is C10H14N4S. The van der Waals surface area contributed by atoms with E-state index in [2.05, 4.69) is 19.9 Å². The Hall–Kier alpha value is -1.23. The van der Waals surface area contributed by atoms with E-state index < -0.39 is 0 Å². The van der Waals surface area contributed by atoms with E-state index >= 15 is 0 Å². The Labute approximate surface area is 92.9 Å². The third kappa shape index (κ3) is 3.13. The van der Waals surface area contributed by atoms with Crippen LogP contribution < -0.4 is 0 Å². The fourth-order valence-corrected chi connectivity index (χ4v) is 2.16. The van der Waals surface area contributed by atoms with Gasteiger partial charge < -0.3 is 9.97 Å². The standard InChI is InChI=1S/C10H14N4S/c1-8-5-12-10(14-8)15-4-2-3-9-6-11-7-13-9/h5-7H,2-4H2,1H3,(H,11,13)(H,12,14). The Morgan fingerprint density at radius 3 is 3.00 bits per heavy atom. The van der Waals surface area contributed by atoms with Gasteiger partial charge in [-0.3, -0.25) is 0 Å². The van der Waals surface area contributed by atoms with Crippen LogP contribution in [0.2, 0.25) is 0 Å². The summed E-state index contributed by atoms with van der Waals surface area (Å²) in [7, 11) is 0. The number of aromatic amines is 2. The molecule has 0 aliphatic heterocycles. The van der Waals surface area contributed by atoms with Crippen molar-refractivity contribution in [2.75, 3.05) is 5.75 Å². The first-order chi connectivity index (χ1) is 7.34. The van der Waals surface area contributed by atoms with Crippen molar-refractivity contribution in [3.63, 3.8) is 0 Å². The summed E-state index contributed by atoms with van der Waals surface area (Å²) in [4.78, 5) is 14.5. The lowest BCUT2D eigenvalue weighted by molar-refractivity contribution is 0.898. The number of rotatable bonds is 5. The maximum atomic E-state index is 4.24. The van der Waals surface area contributed by atoms with Crippen molar-refractivity contribution in [2.24, 2.45) is 0 Å². The lowest BCUT2D eigenvalue weighted by Crippen LogP contribution is -1.88. The van der Waals surface area contributed by atoms with Gasteiger partial charge in [-0.15, -0.1) is 0 Å². The Balaban J connectivity index is 1.67. The average Bonchev–Trinajstić information content (AvgIpc) is 2.84. The summed E-state index contributed by atoms with van der Waals surface area (Å²) >= 11 is 1.76. The highest BCUT2D eigenvalue weighted by molar-refractivity contribution is 7.99. The molecule has 0 saturated carbocycles. The zero-order chi connectivity index (χ0) is 10.5. The van der Waals surface area contributed by atoms with Gasteiger partial charge in [0.2, 0.25) is 0 Å². The predicted molar refractivity (Wildman–Crippen MR) is 61.0 cm³/mol. The van der Waals surface area contributed by atoms with E-state index in [1.165, 1.54) is 5.69 Å². The first-order valence-corrected chi connectivity index (χ1v) is 5.95. The summed E-state index contributed by atoms with van der Waals surface area (Å²) in [5, 5.41) is 1.01. The number of hydrogen-bond acceptors (Lipinski definition) is 3. The van der Waals surface area contributed by atoms with Crippen LogP contribution in [0.5, 0.6) is 0 Å². The minimum atomic E-state index is 1.01. The highest BCUT2D eigenvalue weighted by atomic mass is 32.2. The van der Waals surface area contributed by atoms with Crippen molar-refractivity contribution < 1.29 is 0 Å². The van der Waals surface area contributed by atoms with Gasteiger partial charge in [-0.1, -0.05) is 11.8 Å².